The number of carbonyl (C=O) groups is 3. The average Bonchev–Trinajstić information content (AvgIpc) is 3.21. The van der Waals surface area contributed by atoms with Crippen molar-refractivity contribution in [3.8, 4) is 0 Å². The van der Waals surface area contributed by atoms with E-state index < -0.39 is 15.9 Å². The summed E-state index contributed by atoms with van der Waals surface area (Å²) in [5, 5.41) is 0. The predicted molar refractivity (Wildman–Crippen MR) is 231 cm³/mol. The molecule has 2 aliphatic heterocycles. The van der Waals surface area contributed by atoms with Crippen LogP contribution in [0.5, 0.6) is 0 Å². The van der Waals surface area contributed by atoms with E-state index in [1.54, 1.807) is 30.0 Å². The molecule has 11 heteroatoms. The average molecular weight is 804 g/mol. The molecule has 306 valence electrons. The maximum absolute atomic E-state index is 14.8. The van der Waals surface area contributed by atoms with Gasteiger partial charge in [0.15, 0.2) is 9.84 Å². The Labute approximate surface area is 344 Å². The Morgan fingerprint density at radius 3 is 1.86 bits per heavy atom. The van der Waals surface area contributed by atoms with Crippen LogP contribution in [0.2, 0.25) is 0 Å². The summed E-state index contributed by atoms with van der Waals surface area (Å²) in [6.07, 6.45) is 4.99. The molecule has 0 N–H and O–H groups in total. The van der Waals surface area contributed by atoms with Gasteiger partial charge in [0, 0.05) is 96.8 Å². The van der Waals surface area contributed by atoms with Crippen LogP contribution in [0.15, 0.2) is 114 Å². The van der Waals surface area contributed by atoms with Crippen molar-refractivity contribution < 1.29 is 22.8 Å². The highest BCUT2D eigenvalue weighted by Crippen LogP contribution is 2.24. The standard InChI is InChI=1S/C47H57N5O5S/c1-36(53)49-29-31-50(32-30-49)42-20-13-40(14-21-42)35-52(45(54)24-17-37-11-18-41(19-12-37)47(2,3)4)44(33-38-9-7-6-8-10-38)46(55)51-27-25-48(26-28-51)34-39-15-22-43(23-16-39)58(5,56)57/h6-24,44H,25-35H2,1-5H3. The van der Waals surface area contributed by atoms with E-state index in [4.69, 9.17) is 0 Å². The van der Waals surface area contributed by atoms with Crippen molar-refractivity contribution in [2.24, 2.45) is 0 Å². The number of carbonyl (C=O) groups excluding carboxylic acids is 3. The van der Waals surface area contributed by atoms with Crippen molar-refractivity contribution in [1.29, 1.82) is 0 Å². The van der Waals surface area contributed by atoms with E-state index in [0.717, 1.165) is 41.0 Å². The Kier molecular flexibility index (Phi) is 13.5. The van der Waals surface area contributed by atoms with Crippen molar-refractivity contribution in [2.45, 2.75) is 63.6 Å². The highest BCUT2D eigenvalue weighted by atomic mass is 32.2. The molecule has 0 aromatic heterocycles. The minimum absolute atomic E-state index is 0.00938. The van der Waals surface area contributed by atoms with Gasteiger partial charge in [-0.3, -0.25) is 19.3 Å². The number of nitrogens with zero attached hydrogens (tertiary/aromatic N) is 5. The van der Waals surface area contributed by atoms with E-state index in [-0.39, 0.29) is 29.7 Å². The second kappa shape index (κ2) is 18.6. The molecule has 2 saturated heterocycles. The van der Waals surface area contributed by atoms with Crippen LogP contribution in [-0.4, -0.2) is 110 Å². The number of hydrogen-bond acceptors (Lipinski definition) is 7. The maximum Gasteiger partial charge on any atom is 0.247 e. The zero-order valence-electron chi connectivity index (χ0n) is 34.5. The van der Waals surface area contributed by atoms with Gasteiger partial charge in [-0.15, -0.1) is 0 Å². The monoisotopic (exact) mass is 803 g/mol. The molecule has 2 heterocycles. The summed E-state index contributed by atoms with van der Waals surface area (Å²) in [5.41, 5.74) is 6.08. The van der Waals surface area contributed by atoms with E-state index in [0.29, 0.717) is 57.1 Å². The fraction of sp³-hybridized carbons (Fsp3) is 0.383. The highest BCUT2D eigenvalue weighted by molar-refractivity contribution is 7.90. The van der Waals surface area contributed by atoms with Gasteiger partial charge in [-0.1, -0.05) is 99.6 Å². The van der Waals surface area contributed by atoms with Crippen molar-refractivity contribution in [3.63, 3.8) is 0 Å². The van der Waals surface area contributed by atoms with E-state index in [2.05, 4.69) is 54.8 Å². The highest BCUT2D eigenvalue weighted by Gasteiger charge is 2.34. The Morgan fingerprint density at radius 2 is 1.29 bits per heavy atom. The minimum Gasteiger partial charge on any atom is -0.368 e. The fourth-order valence-corrected chi connectivity index (χ4v) is 8.22. The van der Waals surface area contributed by atoms with Crippen LogP contribution in [0.3, 0.4) is 0 Å². The molecular weight excluding hydrogens is 747 g/mol. The minimum atomic E-state index is -3.27. The lowest BCUT2D eigenvalue weighted by atomic mass is 9.87. The zero-order valence-corrected chi connectivity index (χ0v) is 35.3. The van der Waals surface area contributed by atoms with Crippen LogP contribution in [0, 0.1) is 0 Å². The third-order valence-corrected chi connectivity index (χ3v) is 12.4. The van der Waals surface area contributed by atoms with Gasteiger partial charge in [-0.05, 0) is 63.6 Å². The molecule has 1 unspecified atom stereocenters. The molecule has 0 saturated carbocycles. The number of piperazine rings is 2. The second-order valence-electron chi connectivity index (χ2n) is 16.6. The van der Waals surface area contributed by atoms with Crippen LogP contribution >= 0.6 is 0 Å². The van der Waals surface area contributed by atoms with Gasteiger partial charge >= 0.3 is 0 Å². The Bertz CT molecular complexity index is 2150. The van der Waals surface area contributed by atoms with Crippen LogP contribution in [0.25, 0.3) is 6.08 Å². The van der Waals surface area contributed by atoms with Crippen LogP contribution in [-0.2, 0) is 49.1 Å². The molecule has 3 amide bonds. The van der Waals surface area contributed by atoms with Gasteiger partial charge in [0.25, 0.3) is 0 Å². The first-order valence-electron chi connectivity index (χ1n) is 20.2. The molecule has 0 spiro atoms. The smallest absolute Gasteiger partial charge is 0.247 e. The zero-order chi connectivity index (χ0) is 41.5. The molecule has 58 heavy (non-hydrogen) atoms. The van der Waals surface area contributed by atoms with Crippen LogP contribution in [0.1, 0.15) is 55.5 Å². The Hall–Kier alpha value is -5.26. The van der Waals surface area contributed by atoms with Gasteiger partial charge in [0.1, 0.15) is 6.04 Å². The summed E-state index contributed by atoms with van der Waals surface area (Å²) >= 11 is 0. The molecular formula is C47H57N5O5S. The quantitative estimate of drug-likeness (QED) is 0.161. The largest absolute Gasteiger partial charge is 0.368 e. The van der Waals surface area contributed by atoms with Gasteiger partial charge in [-0.25, -0.2) is 8.42 Å². The summed E-state index contributed by atoms with van der Waals surface area (Å²) in [6, 6.07) is 32.5. The number of hydrogen-bond donors (Lipinski definition) is 0. The molecule has 10 nitrogen and oxygen atoms in total. The third kappa shape index (κ3) is 11.2. The van der Waals surface area contributed by atoms with Crippen molar-refractivity contribution in [2.75, 3.05) is 63.5 Å². The second-order valence-corrected chi connectivity index (χ2v) is 18.6. The number of rotatable bonds is 12. The van der Waals surface area contributed by atoms with Crippen molar-refractivity contribution in [3.05, 3.63) is 137 Å². The van der Waals surface area contributed by atoms with E-state index in [1.807, 2.05) is 82.6 Å². The lowest BCUT2D eigenvalue weighted by molar-refractivity contribution is -0.145. The van der Waals surface area contributed by atoms with Crippen molar-refractivity contribution >= 4 is 39.3 Å². The Balaban J connectivity index is 1.24. The van der Waals surface area contributed by atoms with Gasteiger partial charge in [-0.2, -0.15) is 0 Å². The predicted octanol–water partition coefficient (Wildman–Crippen LogP) is 6.05. The summed E-state index contributed by atoms with van der Waals surface area (Å²) in [5.74, 6) is -0.233. The normalized spacial score (nSPS) is 16.1. The lowest BCUT2D eigenvalue weighted by Crippen LogP contribution is -2.56. The number of sulfone groups is 1. The number of amides is 3. The molecule has 4 aromatic rings. The van der Waals surface area contributed by atoms with Crippen LogP contribution in [0.4, 0.5) is 5.69 Å². The summed E-state index contributed by atoms with van der Waals surface area (Å²) < 4.78 is 23.9. The van der Waals surface area contributed by atoms with E-state index >= 15 is 0 Å². The van der Waals surface area contributed by atoms with Gasteiger partial charge in [0.2, 0.25) is 17.7 Å². The molecule has 2 fully saturated rings. The first kappa shape index (κ1) is 42.3. The molecule has 4 aromatic carbocycles. The molecule has 0 radical (unpaired) electrons. The molecule has 0 bridgehead atoms. The summed E-state index contributed by atoms with van der Waals surface area (Å²) in [4.78, 5) is 51.5. The topological polar surface area (TPSA) is 102 Å². The molecule has 2 aliphatic rings. The van der Waals surface area contributed by atoms with Gasteiger partial charge in [0.05, 0.1) is 4.90 Å². The van der Waals surface area contributed by atoms with Crippen LogP contribution < -0.4 is 4.90 Å². The van der Waals surface area contributed by atoms with E-state index in [9.17, 15) is 22.8 Å². The van der Waals surface area contributed by atoms with E-state index in [1.165, 1.54) is 11.8 Å². The molecule has 1 atom stereocenters. The SMILES string of the molecule is CC(=O)N1CCN(c2ccc(CN(C(=O)C=Cc3ccc(C(C)(C)C)cc3)C(Cc3ccccc3)C(=O)N3CCN(Cc4ccc(S(C)(=O)=O)cc4)CC3)cc2)CC1. The van der Waals surface area contributed by atoms with Gasteiger partial charge < -0.3 is 19.6 Å². The third-order valence-electron chi connectivity index (χ3n) is 11.2. The number of benzene rings is 4. The van der Waals surface area contributed by atoms with Crippen molar-refractivity contribution in [1.82, 2.24) is 19.6 Å². The fourth-order valence-electron chi connectivity index (χ4n) is 7.59. The summed E-state index contributed by atoms with van der Waals surface area (Å²) in [7, 11) is -3.27. The first-order chi connectivity index (χ1) is 27.6. The maximum atomic E-state index is 14.8. The Morgan fingerprint density at radius 1 is 0.707 bits per heavy atom. The first-order valence-corrected chi connectivity index (χ1v) is 22.1. The molecule has 6 rings (SSSR count). The summed E-state index contributed by atoms with van der Waals surface area (Å²) in [6.45, 7) is 14.2. The lowest BCUT2D eigenvalue weighted by Gasteiger charge is -2.39. The number of anilines is 1. The molecule has 0 aliphatic carbocycles.